The molecule has 1 aromatic rings. The molecule has 0 spiro atoms. The zero-order valence-electron chi connectivity index (χ0n) is 10.7. The van der Waals surface area contributed by atoms with Crippen molar-refractivity contribution in [3.63, 3.8) is 0 Å². The predicted molar refractivity (Wildman–Crippen MR) is 71.6 cm³/mol. The summed E-state index contributed by atoms with van der Waals surface area (Å²) in [7, 11) is -3.08. The Kier molecular flexibility index (Phi) is 5.57. The van der Waals surface area contributed by atoms with Gasteiger partial charge in [0.1, 0.15) is 0 Å². The van der Waals surface area contributed by atoms with Crippen molar-refractivity contribution in [1.82, 2.24) is 0 Å². The lowest BCUT2D eigenvalue weighted by Crippen LogP contribution is -2.20. The molecule has 0 aromatic heterocycles. The van der Waals surface area contributed by atoms with Crippen LogP contribution in [-0.2, 0) is 13.9 Å². The molecule has 0 aliphatic carbocycles. The summed E-state index contributed by atoms with van der Waals surface area (Å²) in [5, 5.41) is 9.53. The lowest BCUT2D eigenvalue weighted by Gasteiger charge is -2.20. The monoisotopic (exact) mass is 270 g/mol. The second-order valence-electron chi connectivity index (χ2n) is 4.26. The number of carboxylic acids is 1. The molecule has 0 heterocycles. The van der Waals surface area contributed by atoms with Crippen LogP contribution in [-0.4, -0.2) is 23.8 Å². The van der Waals surface area contributed by atoms with E-state index < -0.39 is 19.3 Å². The molecular weight excluding hydrogens is 251 g/mol. The van der Waals surface area contributed by atoms with E-state index in [-0.39, 0.29) is 6.16 Å². The Hall–Kier alpha value is -1.12. The largest absolute Gasteiger partial charge is 0.481 e. The van der Waals surface area contributed by atoms with Crippen molar-refractivity contribution in [3.05, 3.63) is 30.3 Å². The molecule has 2 unspecified atom stereocenters. The Morgan fingerprint density at radius 3 is 2.50 bits per heavy atom. The molecule has 1 N–H and O–H groups in total. The van der Waals surface area contributed by atoms with E-state index in [1.165, 1.54) is 0 Å². The van der Waals surface area contributed by atoms with Crippen LogP contribution in [0.15, 0.2) is 30.3 Å². The van der Waals surface area contributed by atoms with Crippen molar-refractivity contribution in [2.24, 2.45) is 5.92 Å². The van der Waals surface area contributed by atoms with Crippen LogP contribution in [0.4, 0.5) is 0 Å². The average molecular weight is 270 g/mol. The average Bonchev–Trinajstić information content (AvgIpc) is 2.37. The Labute approximate surface area is 107 Å². The van der Waals surface area contributed by atoms with Crippen LogP contribution in [0, 0.1) is 5.92 Å². The van der Waals surface area contributed by atoms with Crippen LogP contribution in [0.1, 0.15) is 20.3 Å². The van der Waals surface area contributed by atoms with Gasteiger partial charge in [-0.1, -0.05) is 32.0 Å². The van der Waals surface area contributed by atoms with Crippen molar-refractivity contribution >= 4 is 18.6 Å². The minimum atomic E-state index is -3.08. The van der Waals surface area contributed by atoms with Crippen molar-refractivity contribution in [3.8, 4) is 0 Å². The van der Waals surface area contributed by atoms with E-state index in [0.29, 0.717) is 11.9 Å². The summed E-state index contributed by atoms with van der Waals surface area (Å²) in [6, 6.07) is 8.84. The normalized spacial score (nSPS) is 15.9. The highest BCUT2D eigenvalue weighted by Crippen LogP contribution is 2.47. The molecule has 0 aliphatic rings. The lowest BCUT2D eigenvalue weighted by atomic mass is 10.2. The van der Waals surface area contributed by atoms with Crippen LogP contribution in [0.2, 0.25) is 0 Å². The van der Waals surface area contributed by atoms with Crippen LogP contribution in [0.3, 0.4) is 0 Å². The standard InChI is InChI=1S/C13H19O4P/c1-3-9-17-18(16,10-11(2)13(14)15)12-7-5-4-6-8-12/h4-8,11H,3,9-10H2,1-2H3,(H,14,15). The third-order valence-corrected chi connectivity index (χ3v) is 5.30. The van der Waals surface area contributed by atoms with Gasteiger partial charge < -0.3 is 9.63 Å². The summed E-state index contributed by atoms with van der Waals surface area (Å²) in [5.41, 5.74) is 0. The Balaban J connectivity index is 2.96. The molecule has 5 heteroatoms. The molecule has 18 heavy (non-hydrogen) atoms. The summed E-state index contributed by atoms with van der Waals surface area (Å²) < 4.78 is 18.3. The Morgan fingerprint density at radius 2 is 2.00 bits per heavy atom. The summed E-state index contributed by atoms with van der Waals surface area (Å²) in [6.45, 7) is 3.85. The van der Waals surface area contributed by atoms with E-state index in [9.17, 15) is 9.36 Å². The van der Waals surface area contributed by atoms with E-state index >= 15 is 0 Å². The molecule has 2 atom stereocenters. The predicted octanol–water partition coefficient (Wildman–Crippen LogP) is 2.74. The van der Waals surface area contributed by atoms with E-state index in [1.807, 2.05) is 13.0 Å². The van der Waals surface area contributed by atoms with Crippen molar-refractivity contribution in [2.45, 2.75) is 20.3 Å². The van der Waals surface area contributed by atoms with Gasteiger partial charge in [0.15, 0.2) is 0 Å². The lowest BCUT2D eigenvalue weighted by molar-refractivity contribution is -0.140. The molecule has 0 saturated heterocycles. The first-order chi connectivity index (χ1) is 8.49. The first-order valence-electron chi connectivity index (χ1n) is 6.01. The maximum Gasteiger partial charge on any atom is 0.306 e. The molecule has 0 amide bonds. The molecule has 0 aliphatic heterocycles. The minimum Gasteiger partial charge on any atom is -0.481 e. The van der Waals surface area contributed by atoms with Gasteiger partial charge in [-0.05, 0) is 18.6 Å². The number of rotatable bonds is 7. The van der Waals surface area contributed by atoms with Gasteiger partial charge in [0, 0.05) is 11.5 Å². The van der Waals surface area contributed by atoms with Crippen LogP contribution in [0.5, 0.6) is 0 Å². The SMILES string of the molecule is CCCOP(=O)(CC(C)C(=O)O)c1ccccc1. The van der Waals surface area contributed by atoms with E-state index in [1.54, 1.807) is 31.2 Å². The fourth-order valence-electron chi connectivity index (χ4n) is 1.57. The molecule has 1 rings (SSSR count). The van der Waals surface area contributed by atoms with Gasteiger partial charge in [-0.3, -0.25) is 9.36 Å². The zero-order valence-corrected chi connectivity index (χ0v) is 11.6. The van der Waals surface area contributed by atoms with E-state index in [0.717, 1.165) is 6.42 Å². The molecule has 1 aromatic carbocycles. The summed E-state index contributed by atoms with van der Waals surface area (Å²) in [4.78, 5) is 10.9. The Morgan fingerprint density at radius 1 is 1.39 bits per heavy atom. The second-order valence-corrected chi connectivity index (χ2v) is 6.75. The van der Waals surface area contributed by atoms with Crippen LogP contribution in [0.25, 0.3) is 0 Å². The van der Waals surface area contributed by atoms with Gasteiger partial charge in [0.2, 0.25) is 7.37 Å². The van der Waals surface area contributed by atoms with Gasteiger partial charge in [0.25, 0.3) is 0 Å². The first kappa shape index (κ1) is 14.9. The van der Waals surface area contributed by atoms with Crippen LogP contribution < -0.4 is 5.30 Å². The summed E-state index contributed by atoms with van der Waals surface area (Å²) >= 11 is 0. The number of hydrogen-bond acceptors (Lipinski definition) is 3. The van der Waals surface area contributed by atoms with Gasteiger partial charge >= 0.3 is 5.97 Å². The molecule has 100 valence electrons. The maximum absolute atomic E-state index is 12.8. The molecule has 0 bridgehead atoms. The van der Waals surface area contributed by atoms with Crippen molar-refractivity contribution in [1.29, 1.82) is 0 Å². The topological polar surface area (TPSA) is 63.6 Å². The molecular formula is C13H19O4P. The maximum atomic E-state index is 12.8. The summed E-state index contributed by atoms with van der Waals surface area (Å²) in [5.74, 6) is -1.64. The molecule has 0 radical (unpaired) electrons. The van der Waals surface area contributed by atoms with Gasteiger partial charge in [-0.15, -0.1) is 0 Å². The number of aliphatic carboxylic acids is 1. The molecule has 0 saturated carbocycles. The first-order valence-corrected chi connectivity index (χ1v) is 7.82. The highest BCUT2D eigenvalue weighted by molar-refractivity contribution is 7.67. The van der Waals surface area contributed by atoms with Gasteiger partial charge in [-0.2, -0.15) is 0 Å². The highest BCUT2D eigenvalue weighted by Gasteiger charge is 2.30. The fourth-order valence-corrected chi connectivity index (χ4v) is 4.01. The fraction of sp³-hybridized carbons (Fsp3) is 0.462. The number of carbonyl (C=O) groups is 1. The number of benzene rings is 1. The third-order valence-electron chi connectivity index (χ3n) is 2.59. The van der Waals surface area contributed by atoms with E-state index in [2.05, 4.69) is 0 Å². The van der Waals surface area contributed by atoms with E-state index in [4.69, 9.17) is 9.63 Å². The molecule has 0 fully saturated rings. The molecule has 4 nitrogen and oxygen atoms in total. The Bertz CT molecular complexity index is 430. The number of hydrogen-bond donors (Lipinski definition) is 1. The minimum absolute atomic E-state index is 0.0341. The summed E-state index contributed by atoms with van der Waals surface area (Å²) in [6.07, 6.45) is 0.782. The zero-order chi connectivity index (χ0) is 13.6. The third kappa shape index (κ3) is 3.97. The smallest absolute Gasteiger partial charge is 0.306 e. The highest BCUT2D eigenvalue weighted by atomic mass is 31.2. The van der Waals surface area contributed by atoms with Crippen LogP contribution >= 0.6 is 7.37 Å². The van der Waals surface area contributed by atoms with Crippen molar-refractivity contribution in [2.75, 3.05) is 12.8 Å². The van der Waals surface area contributed by atoms with Gasteiger partial charge in [-0.25, -0.2) is 0 Å². The van der Waals surface area contributed by atoms with Gasteiger partial charge in [0.05, 0.1) is 12.5 Å². The quantitative estimate of drug-likeness (QED) is 0.774. The number of carboxylic acid groups (broad SMARTS) is 1. The second kappa shape index (κ2) is 6.72. The van der Waals surface area contributed by atoms with Crippen molar-refractivity contribution < 1.29 is 19.0 Å².